The molecule has 0 spiro atoms. The van der Waals surface area contributed by atoms with Gasteiger partial charge in [-0.1, -0.05) is 0 Å². The highest BCUT2D eigenvalue weighted by Crippen LogP contribution is 2.25. The zero-order valence-electron chi connectivity index (χ0n) is 12.1. The van der Waals surface area contributed by atoms with Gasteiger partial charge in [0.25, 0.3) is 0 Å². The first-order valence-corrected chi connectivity index (χ1v) is 8.39. The van der Waals surface area contributed by atoms with Gasteiger partial charge < -0.3 is 4.74 Å². The molecule has 2 rings (SSSR count). The van der Waals surface area contributed by atoms with E-state index in [1.807, 2.05) is 0 Å². The summed E-state index contributed by atoms with van der Waals surface area (Å²) in [6.45, 7) is 13.6. The zero-order valence-corrected chi connectivity index (χ0v) is 12.9. The summed E-state index contributed by atoms with van der Waals surface area (Å²) < 4.78 is 5.43. The Hall–Kier alpha value is 0.230. The SMILES string of the molecule is CC(C)N1CCSC(CC(C)N2CCOCC2)C1. The Bertz CT molecular complexity index is 244. The average molecular weight is 272 g/mol. The average Bonchev–Trinajstić information content (AvgIpc) is 2.40. The number of hydrogen-bond donors (Lipinski definition) is 0. The van der Waals surface area contributed by atoms with Crippen molar-refractivity contribution in [2.24, 2.45) is 0 Å². The molecule has 0 aliphatic carbocycles. The highest BCUT2D eigenvalue weighted by molar-refractivity contribution is 8.00. The molecule has 0 saturated carbocycles. The van der Waals surface area contributed by atoms with E-state index in [2.05, 4.69) is 42.3 Å². The minimum atomic E-state index is 0.701. The van der Waals surface area contributed by atoms with Crippen LogP contribution in [-0.4, -0.2) is 72.3 Å². The van der Waals surface area contributed by atoms with Crippen molar-refractivity contribution in [2.45, 2.75) is 44.5 Å². The van der Waals surface area contributed by atoms with Crippen molar-refractivity contribution in [1.82, 2.24) is 9.80 Å². The molecule has 106 valence electrons. The van der Waals surface area contributed by atoms with Gasteiger partial charge in [-0.3, -0.25) is 9.80 Å². The van der Waals surface area contributed by atoms with Crippen LogP contribution in [0.4, 0.5) is 0 Å². The molecule has 0 amide bonds. The minimum Gasteiger partial charge on any atom is -0.379 e. The lowest BCUT2D eigenvalue weighted by molar-refractivity contribution is 0.0179. The lowest BCUT2D eigenvalue weighted by atomic mass is 10.1. The number of rotatable bonds is 4. The van der Waals surface area contributed by atoms with Crippen LogP contribution in [0.5, 0.6) is 0 Å². The number of ether oxygens (including phenoxy) is 1. The van der Waals surface area contributed by atoms with Gasteiger partial charge in [0.15, 0.2) is 0 Å². The summed E-state index contributed by atoms with van der Waals surface area (Å²) in [5.74, 6) is 1.30. The molecule has 2 unspecified atom stereocenters. The highest BCUT2D eigenvalue weighted by Gasteiger charge is 2.26. The number of morpholine rings is 1. The Morgan fingerprint density at radius 1 is 1.11 bits per heavy atom. The standard InChI is InChI=1S/C14H28N2OS/c1-12(2)16-6-9-18-14(11-16)10-13(3)15-4-7-17-8-5-15/h12-14H,4-11H2,1-3H3. The summed E-state index contributed by atoms with van der Waals surface area (Å²) in [6.07, 6.45) is 1.33. The smallest absolute Gasteiger partial charge is 0.0594 e. The van der Waals surface area contributed by atoms with Crippen molar-refractivity contribution in [3.8, 4) is 0 Å². The molecule has 0 aromatic carbocycles. The first kappa shape index (κ1) is 14.6. The minimum absolute atomic E-state index is 0.701. The van der Waals surface area contributed by atoms with E-state index in [1.165, 1.54) is 25.3 Å². The summed E-state index contributed by atoms with van der Waals surface area (Å²) in [6, 6.07) is 1.41. The van der Waals surface area contributed by atoms with Crippen molar-refractivity contribution in [3.05, 3.63) is 0 Å². The molecular weight excluding hydrogens is 244 g/mol. The lowest BCUT2D eigenvalue weighted by Gasteiger charge is -2.39. The van der Waals surface area contributed by atoms with Crippen LogP contribution in [-0.2, 0) is 4.74 Å². The van der Waals surface area contributed by atoms with E-state index >= 15 is 0 Å². The third-order valence-electron chi connectivity index (χ3n) is 4.17. The van der Waals surface area contributed by atoms with Crippen LogP contribution in [0.2, 0.25) is 0 Å². The van der Waals surface area contributed by atoms with Gasteiger partial charge in [0.2, 0.25) is 0 Å². The van der Waals surface area contributed by atoms with E-state index in [9.17, 15) is 0 Å². The first-order valence-electron chi connectivity index (χ1n) is 7.34. The fourth-order valence-corrected chi connectivity index (χ4v) is 4.29. The van der Waals surface area contributed by atoms with Crippen LogP contribution >= 0.6 is 11.8 Å². The molecule has 0 aromatic heterocycles. The predicted molar refractivity (Wildman–Crippen MR) is 79.4 cm³/mol. The fraction of sp³-hybridized carbons (Fsp3) is 1.00. The van der Waals surface area contributed by atoms with Crippen LogP contribution in [0.15, 0.2) is 0 Å². The Labute approximate surface area is 116 Å². The molecule has 3 nitrogen and oxygen atoms in total. The number of thioether (sulfide) groups is 1. The van der Waals surface area contributed by atoms with Gasteiger partial charge in [0, 0.05) is 49.3 Å². The topological polar surface area (TPSA) is 15.7 Å². The molecule has 2 heterocycles. The molecule has 2 aliphatic heterocycles. The quantitative estimate of drug-likeness (QED) is 0.776. The summed E-state index contributed by atoms with van der Waals surface area (Å²) in [7, 11) is 0. The molecule has 0 radical (unpaired) electrons. The molecule has 2 saturated heterocycles. The molecular formula is C14H28N2OS. The summed E-state index contributed by atoms with van der Waals surface area (Å²) >= 11 is 2.18. The largest absolute Gasteiger partial charge is 0.379 e. The summed E-state index contributed by atoms with van der Waals surface area (Å²) in [5, 5.41) is 0.819. The van der Waals surface area contributed by atoms with Gasteiger partial charge in [-0.25, -0.2) is 0 Å². The van der Waals surface area contributed by atoms with Gasteiger partial charge in [-0.05, 0) is 27.2 Å². The third kappa shape index (κ3) is 4.12. The van der Waals surface area contributed by atoms with Gasteiger partial charge in [-0.15, -0.1) is 0 Å². The van der Waals surface area contributed by atoms with Gasteiger partial charge in [-0.2, -0.15) is 11.8 Å². The van der Waals surface area contributed by atoms with Crippen molar-refractivity contribution in [3.63, 3.8) is 0 Å². The number of hydrogen-bond acceptors (Lipinski definition) is 4. The molecule has 2 atom stereocenters. The maximum absolute atomic E-state index is 5.43. The van der Waals surface area contributed by atoms with Gasteiger partial charge >= 0.3 is 0 Å². The second-order valence-electron chi connectivity index (χ2n) is 5.81. The van der Waals surface area contributed by atoms with Crippen molar-refractivity contribution >= 4 is 11.8 Å². The summed E-state index contributed by atoms with van der Waals surface area (Å²) in [4.78, 5) is 5.23. The normalized spacial score (nSPS) is 29.7. The fourth-order valence-electron chi connectivity index (χ4n) is 2.90. The van der Waals surface area contributed by atoms with Crippen molar-refractivity contribution < 1.29 is 4.74 Å². The van der Waals surface area contributed by atoms with Crippen LogP contribution in [0.25, 0.3) is 0 Å². The Balaban J connectivity index is 1.77. The van der Waals surface area contributed by atoms with Gasteiger partial charge in [0.1, 0.15) is 0 Å². The van der Waals surface area contributed by atoms with Gasteiger partial charge in [0.05, 0.1) is 13.2 Å². The maximum Gasteiger partial charge on any atom is 0.0594 e. The van der Waals surface area contributed by atoms with E-state index in [4.69, 9.17) is 4.74 Å². The monoisotopic (exact) mass is 272 g/mol. The van der Waals surface area contributed by atoms with Crippen LogP contribution in [0.3, 0.4) is 0 Å². The highest BCUT2D eigenvalue weighted by atomic mass is 32.2. The first-order chi connectivity index (χ1) is 8.66. The lowest BCUT2D eigenvalue weighted by Crippen LogP contribution is -2.47. The van der Waals surface area contributed by atoms with Crippen LogP contribution < -0.4 is 0 Å². The molecule has 0 N–H and O–H groups in total. The van der Waals surface area contributed by atoms with E-state index in [0.717, 1.165) is 31.6 Å². The van der Waals surface area contributed by atoms with Crippen LogP contribution in [0.1, 0.15) is 27.2 Å². The molecule has 4 heteroatoms. The van der Waals surface area contributed by atoms with E-state index < -0.39 is 0 Å². The Morgan fingerprint density at radius 3 is 2.50 bits per heavy atom. The van der Waals surface area contributed by atoms with Crippen molar-refractivity contribution in [1.29, 1.82) is 0 Å². The molecule has 0 bridgehead atoms. The Kier molecular flexibility index (Phi) is 5.80. The zero-order chi connectivity index (χ0) is 13.0. The summed E-state index contributed by atoms with van der Waals surface area (Å²) in [5.41, 5.74) is 0. The molecule has 0 aromatic rings. The number of nitrogens with zero attached hydrogens (tertiary/aromatic N) is 2. The maximum atomic E-state index is 5.43. The van der Waals surface area contributed by atoms with E-state index in [1.54, 1.807) is 0 Å². The third-order valence-corrected chi connectivity index (χ3v) is 5.40. The second kappa shape index (κ2) is 7.13. The van der Waals surface area contributed by atoms with Crippen molar-refractivity contribution in [2.75, 3.05) is 45.1 Å². The van der Waals surface area contributed by atoms with E-state index in [-0.39, 0.29) is 0 Å². The molecule has 2 fully saturated rings. The Morgan fingerprint density at radius 2 is 1.83 bits per heavy atom. The predicted octanol–water partition coefficient (Wildman–Crippen LogP) is 1.92. The molecule has 18 heavy (non-hydrogen) atoms. The van der Waals surface area contributed by atoms with E-state index in [0.29, 0.717) is 12.1 Å². The van der Waals surface area contributed by atoms with Crippen LogP contribution in [0, 0.1) is 0 Å². The molecule has 2 aliphatic rings. The second-order valence-corrected chi connectivity index (χ2v) is 7.22.